The van der Waals surface area contributed by atoms with E-state index in [1.807, 2.05) is 6.92 Å². The molecular formula is C10H10BrF. The fraction of sp³-hybridized carbons (Fsp3) is 0.200. The molecular weight excluding hydrogens is 219 g/mol. The van der Waals surface area contributed by atoms with Crippen LogP contribution in [0.25, 0.3) is 0 Å². The van der Waals surface area contributed by atoms with E-state index in [0.29, 0.717) is 12.0 Å². The molecule has 0 spiro atoms. The zero-order chi connectivity index (χ0) is 9.14. The summed E-state index contributed by atoms with van der Waals surface area (Å²) in [6.45, 7) is 5.63. The lowest BCUT2D eigenvalue weighted by Gasteiger charge is -2.02. The Morgan fingerprint density at radius 2 is 2.25 bits per heavy atom. The monoisotopic (exact) mass is 228 g/mol. The highest BCUT2D eigenvalue weighted by Gasteiger charge is 2.01. The summed E-state index contributed by atoms with van der Waals surface area (Å²) >= 11 is 3.29. The Labute approximate surface area is 80.2 Å². The molecule has 0 N–H and O–H groups in total. The first kappa shape index (κ1) is 9.46. The van der Waals surface area contributed by atoms with Gasteiger partial charge in [0.15, 0.2) is 0 Å². The first-order valence-electron chi connectivity index (χ1n) is 3.68. The molecule has 0 aliphatic rings. The average Bonchev–Trinajstić information content (AvgIpc) is 1.96. The molecule has 0 aliphatic heterocycles. The molecule has 0 saturated heterocycles. The molecule has 0 radical (unpaired) electrons. The van der Waals surface area contributed by atoms with Crippen molar-refractivity contribution < 1.29 is 4.39 Å². The summed E-state index contributed by atoms with van der Waals surface area (Å²) in [5, 5.41) is 0. The van der Waals surface area contributed by atoms with Crippen LogP contribution in [0.1, 0.15) is 12.5 Å². The fourth-order valence-electron chi connectivity index (χ4n) is 1.00. The van der Waals surface area contributed by atoms with Crippen molar-refractivity contribution in [3.05, 3.63) is 46.2 Å². The summed E-state index contributed by atoms with van der Waals surface area (Å²) in [6.07, 6.45) is 0.602. The van der Waals surface area contributed by atoms with E-state index in [-0.39, 0.29) is 5.82 Å². The number of hydrogen-bond donors (Lipinski definition) is 0. The van der Waals surface area contributed by atoms with Gasteiger partial charge in [-0.05, 0) is 37.1 Å². The summed E-state index contributed by atoms with van der Waals surface area (Å²) < 4.78 is 14.0. The highest BCUT2D eigenvalue weighted by Crippen LogP contribution is 2.17. The Balaban J connectivity index is 2.97. The third-order valence-corrected chi connectivity index (χ3v) is 1.99. The molecule has 0 saturated carbocycles. The predicted molar refractivity (Wildman–Crippen MR) is 52.6 cm³/mol. The molecule has 1 aromatic rings. The Morgan fingerprint density at radius 3 is 2.83 bits per heavy atom. The Kier molecular flexibility index (Phi) is 3.04. The minimum Gasteiger partial charge on any atom is -0.207 e. The van der Waals surface area contributed by atoms with Gasteiger partial charge in [0, 0.05) is 4.47 Å². The molecule has 0 heterocycles. The first-order chi connectivity index (χ1) is 5.59. The second-order valence-corrected chi connectivity index (χ2v) is 3.79. The van der Waals surface area contributed by atoms with Crippen LogP contribution in [0.3, 0.4) is 0 Å². The number of allylic oxidation sites excluding steroid dienone is 1. The lowest BCUT2D eigenvalue weighted by Crippen LogP contribution is -1.90. The standard InChI is InChI=1S/C10H10BrF/c1-7(2)5-8-6-9(11)3-4-10(8)12/h3-4,6H,1,5H2,2H3. The van der Waals surface area contributed by atoms with Crippen LogP contribution >= 0.6 is 15.9 Å². The van der Waals surface area contributed by atoms with Crippen molar-refractivity contribution in [1.29, 1.82) is 0 Å². The van der Waals surface area contributed by atoms with Crippen molar-refractivity contribution in [1.82, 2.24) is 0 Å². The van der Waals surface area contributed by atoms with Crippen LogP contribution < -0.4 is 0 Å². The van der Waals surface area contributed by atoms with Gasteiger partial charge in [-0.25, -0.2) is 4.39 Å². The van der Waals surface area contributed by atoms with Crippen LogP contribution in [0.2, 0.25) is 0 Å². The summed E-state index contributed by atoms with van der Waals surface area (Å²) in [5.74, 6) is -0.166. The van der Waals surface area contributed by atoms with E-state index in [4.69, 9.17) is 0 Å². The number of hydrogen-bond acceptors (Lipinski definition) is 0. The molecule has 0 aromatic heterocycles. The minimum absolute atomic E-state index is 0.166. The first-order valence-corrected chi connectivity index (χ1v) is 4.47. The third kappa shape index (κ3) is 2.45. The Morgan fingerprint density at radius 1 is 1.58 bits per heavy atom. The molecule has 0 aliphatic carbocycles. The van der Waals surface area contributed by atoms with Gasteiger partial charge in [-0.1, -0.05) is 28.1 Å². The van der Waals surface area contributed by atoms with Crippen LogP contribution in [0.15, 0.2) is 34.8 Å². The molecule has 0 nitrogen and oxygen atoms in total. The SMILES string of the molecule is C=C(C)Cc1cc(Br)ccc1F. The van der Waals surface area contributed by atoms with E-state index >= 15 is 0 Å². The van der Waals surface area contributed by atoms with Crippen LogP contribution in [0.4, 0.5) is 4.39 Å². The second-order valence-electron chi connectivity index (χ2n) is 2.87. The number of halogens is 2. The molecule has 2 heteroatoms. The molecule has 1 aromatic carbocycles. The quantitative estimate of drug-likeness (QED) is 0.678. The van der Waals surface area contributed by atoms with E-state index < -0.39 is 0 Å². The van der Waals surface area contributed by atoms with Crippen LogP contribution in [0.5, 0.6) is 0 Å². The van der Waals surface area contributed by atoms with Crippen molar-refractivity contribution in [3.8, 4) is 0 Å². The van der Waals surface area contributed by atoms with E-state index in [0.717, 1.165) is 10.0 Å². The van der Waals surface area contributed by atoms with Crippen LogP contribution in [0, 0.1) is 5.82 Å². The Bertz CT molecular complexity index is 305. The number of benzene rings is 1. The van der Waals surface area contributed by atoms with Gasteiger partial charge >= 0.3 is 0 Å². The predicted octanol–water partition coefficient (Wildman–Crippen LogP) is 3.71. The van der Waals surface area contributed by atoms with Gasteiger partial charge in [-0.3, -0.25) is 0 Å². The van der Waals surface area contributed by atoms with Crippen molar-refractivity contribution in [2.24, 2.45) is 0 Å². The molecule has 1 rings (SSSR count). The minimum atomic E-state index is -0.166. The van der Waals surface area contributed by atoms with Gasteiger partial charge in [-0.15, -0.1) is 0 Å². The van der Waals surface area contributed by atoms with E-state index in [1.165, 1.54) is 6.07 Å². The fourth-order valence-corrected chi connectivity index (χ4v) is 1.41. The van der Waals surface area contributed by atoms with E-state index in [1.54, 1.807) is 12.1 Å². The van der Waals surface area contributed by atoms with Crippen LogP contribution in [-0.2, 0) is 6.42 Å². The molecule has 0 atom stereocenters. The van der Waals surface area contributed by atoms with Gasteiger partial charge in [-0.2, -0.15) is 0 Å². The summed E-state index contributed by atoms with van der Waals surface area (Å²) in [7, 11) is 0. The molecule has 64 valence electrons. The van der Waals surface area contributed by atoms with Gasteiger partial charge in [0.05, 0.1) is 0 Å². The maximum Gasteiger partial charge on any atom is 0.126 e. The molecule has 12 heavy (non-hydrogen) atoms. The highest BCUT2D eigenvalue weighted by molar-refractivity contribution is 9.10. The van der Waals surface area contributed by atoms with Crippen LogP contribution in [-0.4, -0.2) is 0 Å². The van der Waals surface area contributed by atoms with Gasteiger partial charge in [0.2, 0.25) is 0 Å². The summed E-state index contributed by atoms with van der Waals surface area (Å²) in [5.41, 5.74) is 1.66. The zero-order valence-corrected chi connectivity index (χ0v) is 8.49. The maximum absolute atomic E-state index is 13.1. The van der Waals surface area contributed by atoms with Crippen molar-refractivity contribution in [2.75, 3.05) is 0 Å². The van der Waals surface area contributed by atoms with Crippen molar-refractivity contribution >= 4 is 15.9 Å². The topological polar surface area (TPSA) is 0 Å². The summed E-state index contributed by atoms with van der Waals surface area (Å²) in [6, 6.07) is 4.93. The van der Waals surface area contributed by atoms with Gasteiger partial charge < -0.3 is 0 Å². The largest absolute Gasteiger partial charge is 0.207 e. The summed E-state index contributed by atoms with van der Waals surface area (Å²) in [4.78, 5) is 0. The number of rotatable bonds is 2. The van der Waals surface area contributed by atoms with Crippen molar-refractivity contribution in [3.63, 3.8) is 0 Å². The lowest BCUT2D eigenvalue weighted by atomic mass is 10.1. The Hall–Kier alpha value is -0.630. The highest BCUT2D eigenvalue weighted by atomic mass is 79.9. The van der Waals surface area contributed by atoms with Gasteiger partial charge in [0.25, 0.3) is 0 Å². The average molecular weight is 229 g/mol. The molecule has 0 amide bonds. The van der Waals surface area contributed by atoms with Crippen molar-refractivity contribution in [2.45, 2.75) is 13.3 Å². The van der Waals surface area contributed by atoms with Gasteiger partial charge in [0.1, 0.15) is 5.82 Å². The maximum atomic E-state index is 13.1. The normalized spacial score (nSPS) is 9.92. The molecule has 0 unspecified atom stereocenters. The second kappa shape index (κ2) is 3.85. The third-order valence-electron chi connectivity index (χ3n) is 1.50. The zero-order valence-electron chi connectivity index (χ0n) is 6.90. The van der Waals surface area contributed by atoms with E-state index in [2.05, 4.69) is 22.5 Å². The lowest BCUT2D eigenvalue weighted by molar-refractivity contribution is 0.613. The van der Waals surface area contributed by atoms with E-state index in [9.17, 15) is 4.39 Å². The smallest absolute Gasteiger partial charge is 0.126 e. The molecule has 0 fully saturated rings. The molecule has 0 bridgehead atoms.